The zero-order valence-electron chi connectivity index (χ0n) is 24.9. The Morgan fingerprint density at radius 3 is 1.47 bits per heavy atom. The van der Waals surface area contributed by atoms with E-state index in [-0.39, 0.29) is 33.6 Å². The van der Waals surface area contributed by atoms with Gasteiger partial charge < -0.3 is 9.80 Å². The summed E-state index contributed by atoms with van der Waals surface area (Å²) >= 11 is 3.33. The second-order valence-electron chi connectivity index (χ2n) is 10.4. The summed E-state index contributed by atoms with van der Waals surface area (Å²) in [6.45, 7) is 8.62. The Morgan fingerprint density at radius 1 is 0.628 bits per heavy atom. The van der Waals surface area contributed by atoms with Gasteiger partial charge in [-0.05, 0) is 65.6 Å². The molecular formula is C35H46BrN6Zr-. The first-order valence-electron chi connectivity index (χ1n) is 14.8. The third-order valence-electron chi connectivity index (χ3n) is 7.48. The number of nitrogens with zero attached hydrogens (tertiary/aromatic N) is 6. The van der Waals surface area contributed by atoms with Crippen molar-refractivity contribution in [3.05, 3.63) is 113 Å². The fourth-order valence-electron chi connectivity index (χ4n) is 4.95. The number of halogens is 1. The predicted molar refractivity (Wildman–Crippen MR) is 180 cm³/mol. The van der Waals surface area contributed by atoms with Gasteiger partial charge in [0.05, 0.1) is 4.47 Å². The molecule has 6 nitrogen and oxygen atoms in total. The van der Waals surface area contributed by atoms with Gasteiger partial charge in [-0.15, -0.1) is 12.1 Å². The summed E-state index contributed by atoms with van der Waals surface area (Å²) in [6, 6.07) is 20.8. The summed E-state index contributed by atoms with van der Waals surface area (Å²) in [4.78, 5) is 22.2. The van der Waals surface area contributed by atoms with E-state index in [9.17, 15) is 0 Å². The van der Waals surface area contributed by atoms with E-state index in [0.717, 1.165) is 42.5 Å². The van der Waals surface area contributed by atoms with Gasteiger partial charge in [0.15, 0.2) is 0 Å². The summed E-state index contributed by atoms with van der Waals surface area (Å²) < 4.78 is 0.938. The van der Waals surface area contributed by atoms with Crippen LogP contribution in [0.25, 0.3) is 0 Å². The average Bonchev–Trinajstić information content (AvgIpc) is 3.07. The first-order chi connectivity index (χ1) is 20.1. The molecular weight excluding hydrogens is 676 g/mol. The molecule has 4 heterocycles. The first kappa shape index (κ1) is 36.6. The van der Waals surface area contributed by atoms with E-state index in [4.69, 9.17) is 0 Å². The van der Waals surface area contributed by atoms with Gasteiger partial charge in [0, 0.05) is 83.1 Å². The molecule has 2 aromatic heterocycles. The smallest absolute Gasteiger partial charge is 0.225 e. The Morgan fingerprint density at radius 2 is 1.05 bits per heavy atom. The molecule has 0 spiro atoms. The number of aromatic nitrogens is 4. The van der Waals surface area contributed by atoms with Gasteiger partial charge in [0.25, 0.3) is 0 Å². The predicted octanol–water partition coefficient (Wildman–Crippen LogP) is 8.74. The molecule has 8 heteroatoms. The van der Waals surface area contributed by atoms with Gasteiger partial charge in [0.1, 0.15) is 0 Å². The van der Waals surface area contributed by atoms with Crippen LogP contribution in [0, 0.1) is 6.42 Å². The molecule has 1 atom stereocenters. The molecule has 1 unspecified atom stereocenters. The molecule has 0 N–H and O–H groups in total. The zero-order valence-corrected chi connectivity index (χ0v) is 28.9. The van der Waals surface area contributed by atoms with Gasteiger partial charge in [-0.25, -0.2) is 19.9 Å². The van der Waals surface area contributed by atoms with Crippen molar-refractivity contribution < 1.29 is 26.2 Å². The maximum Gasteiger partial charge on any atom is 0.225 e. The number of hydrogen-bond donors (Lipinski definition) is 0. The van der Waals surface area contributed by atoms with E-state index >= 15 is 0 Å². The molecule has 2 aromatic carbocycles. The van der Waals surface area contributed by atoms with Gasteiger partial charge >= 0.3 is 0 Å². The first-order valence-corrected chi connectivity index (χ1v) is 15.6. The van der Waals surface area contributed by atoms with Gasteiger partial charge in [-0.2, -0.15) is 24.1 Å². The molecule has 43 heavy (non-hydrogen) atoms. The number of piperidine rings is 2. The molecule has 0 radical (unpaired) electrons. The molecule has 2 saturated heterocycles. The molecule has 2 fully saturated rings. The van der Waals surface area contributed by atoms with E-state index in [1.54, 1.807) is 12.4 Å². The van der Waals surface area contributed by atoms with Crippen LogP contribution in [-0.2, 0) is 26.2 Å². The van der Waals surface area contributed by atoms with Crippen LogP contribution in [0.3, 0.4) is 0 Å². The van der Waals surface area contributed by atoms with E-state index in [1.165, 1.54) is 55.2 Å². The van der Waals surface area contributed by atoms with Crippen molar-refractivity contribution >= 4 is 27.8 Å². The summed E-state index contributed by atoms with van der Waals surface area (Å²) in [5.41, 5.74) is 3.77. The SMILES string of the molecule is Brc1cnc(N2CCCCC2)nc1.C.CC(c1ccccc1)c1cnc(N2CCCCC2)nc1.C[CH-]c1ccccc1.[Zr]. The Labute approximate surface area is 287 Å². The Bertz CT molecular complexity index is 1250. The van der Waals surface area contributed by atoms with E-state index < -0.39 is 0 Å². The average molecular weight is 722 g/mol. The molecule has 4 aromatic rings. The Hall–Kier alpha value is -2.57. The maximum atomic E-state index is 4.56. The monoisotopic (exact) mass is 719 g/mol. The minimum Gasteiger partial charge on any atom is -0.341 e. The fraction of sp³-hybridized carbons (Fsp3) is 0.400. The van der Waals surface area contributed by atoms with E-state index in [1.807, 2.05) is 43.6 Å². The summed E-state index contributed by atoms with van der Waals surface area (Å²) in [5, 5.41) is 0. The van der Waals surface area contributed by atoms with Crippen molar-refractivity contribution in [2.24, 2.45) is 0 Å². The van der Waals surface area contributed by atoms with Crippen LogP contribution in [0.15, 0.2) is 89.9 Å². The standard InChI is InChI=1S/C17H21N3.C9H12BrN3.C8H9.CH4.Zr/c1-14(15-8-4-2-5-9-15)16-12-18-17(19-13-16)20-10-6-3-7-11-20;10-8-6-11-9(12-7-8)13-4-2-1-3-5-13;1-2-8-6-4-3-5-7-8;;/h2,4-5,8-9,12-14H,3,6-7,10-11H2,1H3;6-7H,1-5H2;2-7H,1H3;1H4;/q;;-1;;. The van der Waals surface area contributed by atoms with Crippen molar-refractivity contribution in [3.63, 3.8) is 0 Å². The van der Waals surface area contributed by atoms with E-state index in [0.29, 0.717) is 5.92 Å². The maximum absolute atomic E-state index is 4.56. The van der Waals surface area contributed by atoms with Gasteiger partial charge in [-0.1, -0.05) is 57.7 Å². The van der Waals surface area contributed by atoms with Gasteiger partial charge in [0.2, 0.25) is 11.9 Å². The van der Waals surface area contributed by atoms with Crippen molar-refractivity contribution in [3.8, 4) is 0 Å². The second kappa shape index (κ2) is 20.4. The van der Waals surface area contributed by atoms with Crippen molar-refractivity contribution in [1.29, 1.82) is 0 Å². The zero-order chi connectivity index (χ0) is 28.7. The van der Waals surface area contributed by atoms with Crippen LogP contribution >= 0.6 is 15.9 Å². The molecule has 228 valence electrons. The minimum absolute atomic E-state index is 0. The third-order valence-corrected chi connectivity index (χ3v) is 7.88. The molecule has 0 aliphatic carbocycles. The topological polar surface area (TPSA) is 58.0 Å². The molecule has 2 aliphatic rings. The van der Waals surface area contributed by atoms with Crippen LogP contribution in [0.1, 0.15) is 82.4 Å². The summed E-state index contributed by atoms with van der Waals surface area (Å²) in [5.74, 6) is 2.09. The molecule has 6 rings (SSSR count). The quantitative estimate of drug-likeness (QED) is 0.192. The Balaban J connectivity index is 0.000000242. The van der Waals surface area contributed by atoms with Crippen molar-refractivity contribution in [1.82, 2.24) is 19.9 Å². The molecule has 0 saturated carbocycles. The van der Waals surface area contributed by atoms with Gasteiger partial charge in [-0.3, -0.25) is 0 Å². The van der Waals surface area contributed by atoms with Crippen molar-refractivity contribution in [2.45, 2.75) is 65.7 Å². The number of hydrogen-bond acceptors (Lipinski definition) is 6. The van der Waals surface area contributed by atoms with Crippen LogP contribution in [0.4, 0.5) is 11.9 Å². The van der Waals surface area contributed by atoms with E-state index in [2.05, 4.69) is 95.4 Å². The Kier molecular flexibility index (Phi) is 17.4. The summed E-state index contributed by atoms with van der Waals surface area (Å²) in [7, 11) is 0. The van der Waals surface area contributed by atoms with Crippen LogP contribution < -0.4 is 9.80 Å². The number of rotatable bonds is 5. The van der Waals surface area contributed by atoms with Crippen LogP contribution in [0.5, 0.6) is 0 Å². The normalized spacial score (nSPS) is 14.8. The minimum atomic E-state index is 0. The number of anilines is 2. The second-order valence-corrected chi connectivity index (χ2v) is 11.4. The largest absolute Gasteiger partial charge is 0.341 e. The molecule has 2 aliphatic heterocycles. The third kappa shape index (κ3) is 12.2. The molecule has 0 amide bonds. The number of benzene rings is 2. The van der Waals surface area contributed by atoms with Crippen molar-refractivity contribution in [2.75, 3.05) is 36.0 Å². The summed E-state index contributed by atoms with van der Waals surface area (Å²) in [6.07, 6.45) is 17.4. The fourth-order valence-corrected chi connectivity index (χ4v) is 5.16. The van der Waals surface area contributed by atoms with Crippen LogP contribution in [0.2, 0.25) is 0 Å². The van der Waals surface area contributed by atoms with Crippen LogP contribution in [-0.4, -0.2) is 46.1 Å². The molecule has 0 bridgehead atoms.